The first kappa shape index (κ1) is 14.4. The average Bonchev–Trinajstić information content (AvgIpc) is 2.96. The number of aromatic nitrogens is 2. The summed E-state index contributed by atoms with van der Waals surface area (Å²) in [6.07, 6.45) is 3.84. The van der Waals surface area contributed by atoms with E-state index in [0.29, 0.717) is 0 Å². The zero-order chi connectivity index (χ0) is 15.3. The van der Waals surface area contributed by atoms with Crippen LogP contribution in [0.4, 0.5) is 0 Å². The molecule has 0 bridgehead atoms. The minimum atomic E-state index is 0.0492. The number of nitrogens with one attached hydrogen (secondary N) is 2. The summed E-state index contributed by atoms with van der Waals surface area (Å²) in [5.41, 5.74) is 1.30. The molecule has 1 saturated heterocycles. The third-order valence-corrected chi connectivity index (χ3v) is 5.84. The number of ether oxygens (including phenoxy) is 1. The molecule has 2 aliphatic rings. The lowest BCUT2D eigenvalue weighted by atomic mass is 10.2. The number of aryl methyl sites for hydroxylation is 2. The summed E-state index contributed by atoms with van der Waals surface area (Å²) in [6.45, 7) is 6.92. The number of H-pyrrole nitrogens is 1. The van der Waals surface area contributed by atoms with Crippen LogP contribution in [0.2, 0.25) is 0 Å². The van der Waals surface area contributed by atoms with Gasteiger partial charge in [0.15, 0.2) is 5.82 Å². The summed E-state index contributed by atoms with van der Waals surface area (Å²) in [5, 5.41) is 0.847. The highest BCUT2D eigenvalue weighted by Crippen LogP contribution is 2.34. The van der Waals surface area contributed by atoms with Crippen LogP contribution in [-0.4, -0.2) is 35.3 Å². The number of aromatic amines is 1. The summed E-state index contributed by atoms with van der Waals surface area (Å²) in [4.78, 5) is 24.0. The minimum Gasteiger partial charge on any atom is -0.364 e. The summed E-state index contributed by atoms with van der Waals surface area (Å²) in [6, 6.07) is 0. The van der Waals surface area contributed by atoms with Crippen molar-refractivity contribution < 1.29 is 9.64 Å². The van der Waals surface area contributed by atoms with Gasteiger partial charge in [-0.3, -0.25) is 4.79 Å². The summed E-state index contributed by atoms with van der Waals surface area (Å²) in [7, 11) is 0. The van der Waals surface area contributed by atoms with Gasteiger partial charge in [-0.25, -0.2) is 4.98 Å². The predicted octanol–water partition coefficient (Wildman–Crippen LogP) is 0.665. The van der Waals surface area contributed by atoms with E-state index in [-0.39, 0.29) is 17.8 Å². The Morgan fingerprint density at radius 1 is 1.32 bits per heavy atom. The molecule has 0 aromatic carbocycles. The number of nitrogens with zero attached hydrogens (tertiary/aromatic N) is 1. The van der Waals surface area contributed by atoms with E-state index in [1.165, 1.54) is 21.8 Å². The van der Waals surface area contributed by atoms with Crippen LogP contribution in [0.1, 0.15) is 36.5 Å². The van der Waals surface area contributed by atoms with Crippen molar-refractivity contribution in [2.75, 3.05) is 13.1 Å². The first-order valence-electron chi connectivity index (χ1n) is 8.12. The van der Waals surface area contributed by atoms with Gasteiger partial charge in [0.05, 0.1) is 5.39 Å². The van der Waals surface area contributed by atoms with Crippen LogP contribution in [0.25, 0.3) is 10.2 Å². The van der Waals surface area contributed by atoms with E-state index in [2.05, 4.69) is 18.8 Å². The Labute approximate surface area is 133 Å². The van der Waals surface area contributed by atoms with Crippen molar-refractivity contribution in [2.45, 2.75) is 51.9 Å². The lowest BCUT2D eigenvalue weighted by Crippen LogP contribution is -3.14. The molecule has 0 radical (unpaired) electrons. The van der Waals surface area contributed by atoms with Crippen molar-refractivity contribution in [1.29, 1.82) is 0 Å². The first-order chi connectivity index (χ1) is 10.6. The van der Waals surface area contributed by atoms with Crippen LogP contribution in [0, 0.1) is 0 Å². The Morgan fingerprint density at radius 3 is 2.86 bits per heavy atom. The molecule has 0 amide bonds. The van der Waals surface area contributed by atoms with Gasteiger partial charge in [-0.05, 0) is 38.7 Å². The van der Waals surface area contributed by atoms with Gasteiger partial charge in [-0.15, -0.1) is 11.3 Å². The molecule has 1 aliphatic heterocycles. The monoisotopic (exact) mass is 320 g/mol. The van der Waals surface area contributed by atoms with Crippen molar-refractivity contribution in [3.63, 3.8) is 0 Å². The average molecular weight is 320 g/mol. The zero-order valence-electron chi connectivity index (χ0n) is 13.1. The molecular formula is C16H22N3O2S+. The maximum Gasteiger partial charge on any atom is 0.260 e. The van der Waals surface area contributed by atoms with Gasteiger partial charge < -0.3 is 14.6 Å². The fourth-order valence-electron chi connectivity index (χ4n) is 3.90. The molecular weight excluding hydrogens is 298 g/mol. The van der Waals surface area contributed by atoms with E-state index in [0.717, 1.165) is 48.5 Å². The van der Waals surface area contributed by atoms with Crippen LogP contribution >= 0.6 is 11.3 Å². The quantitative estimate of drug-likeness (QED) is 0.855. The highest BCUT2D eigenvalue weighted by Gasteiger charge is 2.27. The molecule has 0 unspecified atom stereocenters. The van der Waals surface area contributed by atoms with Crippen molar-refractivity contribution in [3.8, 4) is 0 Å². The molecule has 2 atom stereocenters. The number of thiophene rings is 1. The molecule has 2 aromatic heterocycles. The van der Waals surface area contributed by atoms with Crippen LogP contribution in [0.5, 0.6) is 0 Å². The summed E-state index contributed by atoms with van der Waals surface area (Å²) < 4.78 is 5.78. The van der Waals surface area contributed by atoms with E-state index in [1.807, 2.05) is 0 Å². The number of fused-ring (bicyclic) bond motifs is 3. The lowest BCUT2D eigenvalue weighted by molar-refractivity contribution is -0.928. The SMILES string of the molecule is C[C@H]1C[NH+](Cc2nc3sc4c(c3c(=O)[nH]2)CCC4)C[C@H](C)O1. The molecule has 5 nitrogen and oxygen atoms in total. The standard InChI is InChI=1S/C16H21N3O2S/c1-9-6-19(7-10(2)21-9)8-13-17-15(20)14-11-4-3-5-12(11)22-16(14)18-13/h9-10H,3-8H2,1-2H3,(H,17,18,20)/p+1/t9-,10-/m0/s1. The van der Waals surface area contributed by atoms with Crippen LogP contribution in [-0.2, 0) is 24.1 Å². The second kappa shape index (κ2) is 5.44. The Morgan fingerprint density at radius 2 is 2.09 bits per heavy atom. The van der Waals surface area contributed by atoms with Crippen LogP contribution < -0.4 is 10.5 Å². The van der Waals surface area contributed by atoms with E-state index in [4.69, 9.17) is 9.72 Å². The molecule has 2 aromatic rings. The molecule has 2 N–H and O–H groups in total. The second-order valence-electron chi connectivity index (χ2n) is 6.64. The Hall–Kier alpha value is -1.24. The van der Waals surface area contributed by atoms with Gasteiger partial charge in [0.25, 0.3) is 5.56 Å². The van der Waals surface area contributed by atoms with E-state index in [1.54, 1.807) is 11.3 Å². The van der Waals surface area contributed by atoms with Gasteiger partial charge in [0.2, 0.25) is 0 Å². The third kappa shape index (κ3) is 2.49. The van der Waals surface area contributed by atoms with Crippen LogP contribution in [0.3, 0.4) is 0 Å². The molecule has 0 saturated carbocycles. The van der Waals surface area contributed by atoms with Gasteiger partial charge in [0.1, 0.15) is 36.7 Å². The predicted molar refractivity (Wildman–Crippen MR) is 86.7 cm³/mol. The van der Waals surface area contributed by atoms with E-state index >= 15 is 0 Å². The number of morpholine rings is 1. The minimum absolute atomic E-state index is 0.0492. The van der Waals surface area contributed by atoms with Gasteiger partial charge in [0, 0.05) is 4.88 Å². The maximum absolute atomic E-state index is 12.5. The lowest BCUT2D eigenvalue weighted by Gasteiger charge is -2.32. The number of hydrogen-bond donors (Lipinski definition) is 2. The maximum atomic E-state index is 12.5. The molecule has 1 aliphatic carbocycles. The second-order valence-corrected chi connectivity index (χ2v) is 7.73. The number of hydrogen-bond acceptors (Lipinski definition) is 4. The molecule has 0 spiro atoms. The zero-order valence-corrected chi connectivity index (χ0v) is 13.9. The normalized spacial score (nSPS) is 28.2. The van der Waals surface area contributed by atoms with E-state index < -0.39 is 0 Å². The summed E-state index contributed by atoms with van der Waals surface area (Å²) in [5.74, 6) is 0.814. The molecule has 22 heavy (non-hydrogen) atoms. The molecule has 3 heterocycles. The Kier molecular flexibility index (Phi) is 3.55. The number of rotatable bonds is 2. The topological polar surface area (TPSA) is 59.4 Å². The molecule has 1 fully saturated rings. The largest absolute Gasteiger partial charge is 0.364 e. The van der Waals surface area contributed by atoms with Crippen LogP contribution in [0.15, 0.2) is 4.79 Å². The third-order valence-electron chi connectivity index (χ3n) is 4.66. The number of quaternary nitrogens is 1. The van der Waals surface area contributed by atoms with Crippen molar-refractivity contribution in [3.05, 3.63) is 26.6 Å². The highest BCUT2D eigenvalue weighted by molar-refractivity contribution is 7.18. The van der Waals surface area contributed by atoms with Crippen molar-refractivity contribution in [2.24, 2.45) is 0 Å². The molecule has 6 heteroatoms. The Bertz CT molecular complexity index is 757. The van der Waals surface area contributed by atoms with Crippen molar-refractivity contribution in [1.82, 2.24) is 9.97 Å². The molecule has 118 valence electrons. The fourth-order valence-corrected chi connectivity index (χ4v) is 5.18. The van der Waals surface area contributed by atoms with Gasteiger partial charge in [-0.1, -0.05) is 0 Å². The smallest absolute Gasteiger partial charge is 0.260 e. The summed E-state index contributed by atoms with van der Waals surface area (Å²) >= 11 is 1.71. The van der Waals surface area contributed by atoms with Crippen molar-refractivity contribution >= 4 is 21.6 Å². The highest BCUT2D eigenvalue weighted by atomic mass is 32.1. The van der Waals surface area contributed by atoms with Gasteiger partial charge >= 0.3 is 0 Å². The fraction of sp³-hybridized carbons (Fsp3) is 0.625. The molecule has 4 rings (SSSR count). The Balaban J connectivity index is 1.64. The first-order valence-corrected chi connectivity index (χ1v) is 8.94. The van der Waals surface area contributed by atoms with Gasteiger partial charge in [-0.2, -0.15) is 0 Å². The van der Waals surface area contributed by atoms with E-state index in [9.17, 15) is 4.79 Å².